The number of rotatable bonds is 5. The first kappa shape index (κ1) is 35.6. The third kappa shape index (κ3) is 4.96. The quantitative estimate of drug-likeness (QED) is 0.173. The van der Waals surface area contributed by atoms with Gasteiger partial charge < -0.3 is 4.40 Å². The number of nitrogens with zero attached hydrogens (tertiary/aromatic N) is 4. The van der Waals surface area contributed by atoms with Crippen molar-refractivity contribution in [3.05, 3.63) is 205 Å². The third-order valence-corrected chi connectivity index (χ3v) is 15.6. The minimum Gasteiger partial charge on any atom is -0.307 e. The number of benzene rings is 9. The zero-order valence-electron chi connectivity index (χ0n) is 35.3. The topological polar surface area (TPSA) is 35.1 Å². The number of aryl methyl sites for hydroxylation is 1. The highest BCUT2D eigenvalue weighted by Crippen LogP contribution is 2.49. The third-order valence-electron chi connectivity index (χ3n) is 14.6. The van der Waals surface area contributed by atoms with E-state index in [4.69, 9.17) is 9.97 Å². The van der Waals surface area contributed by atoms with Crippen LogP contribution in [0.25, 0.3) is 119 Å². The molecular weight excluding hydrogens is 809 g/mol. The van der Waals surface area contributed by atoms with Crippen molar-refractivity contribution < 1.29 is 0 Å². The normalized spacial score (nSPS) is 14.1. The molecular formula is C60H38N4S. The van der Waals surface area contributed by atoms with Crippen molar-refractivity contribution in [1.29, 1.82) is 0 Å². The van der Waals surface area contributed by atoms with E-state index in [1.165, 1.54) is 97.5 Å². The molecule has 1 aliphatic carbocycles. The fourth-order valence-corrected chi connectivity index (χ4v) is 12.8. The Morgan fingerprint density at radius 2 is 1.26 bits per heavy atom. The Morgan fingerprint density at radius 1 is 0.508 bits per heavy atom. The Morgan fingerprint density at radius 3 is 2.17 bits per heavy atom. The van der Waals surface area contributed by atoms with E-state index in [0.29, 0.717) is 11.9 Å². The van der Waals surface area contributed by atoms with Crippen LogP contribution in [0.3, 0.4) is 0 Å². The van der Waals surface area contributed by atoms with Gasteiger partial charge in [-0.3, -0.25) is 4.57 Å². The van der Waals surface area contributed by atoms with Crippen LogP contribution in [-0.4, -0.2) is 18.9 Å². The van der Waals surface area contributed by atoms with Crippen molar-refractivity contribution in [2.24, 2.45) is 0 Å². The number of aromatic nitrogens is 4. The van der Waals surface area contributed by atoms with Crippen molar-refractivity contribution >= 4 is 102 Å². The molecule has 304 valence electrons. The predicted molar refractivity (Wildman–Crippen MR) is 274 cm³/mol. The van der Waals surface area contributed by atoms with Crippen LogP contribution in [-0.2, 0) is 12.8 Å². The van der Waals surface area contributed by atoms with Crippen molar-refractivity contribution in [2.75, 3.05) is 0 Å². The Labute approximate surface area is 377 Å². The molecule has 0 saturated heterocycles. The van der Waals surface area contributed by atoms with Gasteiger partial charge in [-0.2, -0.15) is 0 Å². The standard InChI is InChI=1S/C60H38N4S/c1-2-14-35(15-3-1)26-27-38-32-37-17-5-6-18-40(37)47-33-39(29-30-41(38)47)56-55-45-22-10-13-25-52(45)65-59(55)62-60(61-56)63-50-24-12-9-21-44(50)53-51(63)34-48-43-20-8-11-23-49(43)64-57-42-19-7-4-16-36(42)28-31-46(57)54(53)58(48)64/h1-25,28-31,33-34,38H,26-27,32H2/t38-/m0/s1. The summed E-state index contributed by atoms with van der Waals surface area (Å²) in [6.45, 7) is 0. The average molecular weight is 847 g/mol. The number of hydrogen-bond donors (Lipinski definition) is 0. The summed E-state index contributed by atoms with van der Waals surface area (Å²) < 4.78 is 6.10. The van der Waals surface area contributed by atoms with Gasteiger partial charge in [0.05, 0.1) is 33.3 Å². The second-order valence-electron chi connectivity index (χ2n) is 18.0. The summed E-state index contributed by atoms with van der Waals surface area (Å²) in [5, 5.41) is 12.3. The van der Waals surface area contributed by atoms with Gasteiger partial charge in [-0.05, 0) is 88.7 Å². The number of fused-ring (bicyclic) bond motifs is 18. The van der Waals surface area contributed by atoms with Gasteiger partial charge in [0.2, 0.25) is 5.95 Å². The molecule has 15 rings (SSSR count). The first-order valence-corrected chi connectivity index (χ1v) is 23.5. The van der Waals surface area contributed by atoms with E-state index >= 15 is 0 Å². The zero-order chi connectivity index (χ0) is 42.3. The highest BCUT2D eigenvalue weighted by atomic mass is 32.1. The Kier molecular flexibility index (Phi) is 7.30. The van der Waals surface area contributed by atoms with Crippen LogP contribution in [0.4, 0.5) is 0 Å². The largest absolute Gasteiger partial charge is 0.307 e. The van der Waals surface area contributed by atoms with E-state index in [2.05, 4.69) is 197 Å². The van der Waals surface area contributed by atoms with Crippen molar-refractivity contribution in [2.45, 2.75) is 25.2 Å². The lowest BCUT2D eigenvalue weighted by molar-refractivity contribution is 0.616. The first-order valence-electron chi connectivity index (χ1n) is 22.7. The number of para-hydroxylation sites is 2. The molecule has 9 aromatic carbocycles. The predicted octanol–water partition coefficient (Wildman–Crippen LogP) is 15.9. The first-order chi connectivity index (χ1) is 32.2. The monoisotopic (exact) mass is 846 g/mol. The maximum atomic E-state index is 5.77. The Balaban J connectivity index is 1.02. The molecule has 0 bridgehead atoms. The lowest BCUT2D eigenvalue weighted by Gasteiger charge is -2.28. The molecule has 0 amide bonds. The van der Waals surface area contributed by atoms with E-state index in [9.17, 15) is 0 Å². The van der Waals surface area contributed by atoms with Crippen molar-refractivity contribution in [1.82, 2.24) is 18.9 Å². The molecule has 14 aromatic rings. The van der Waals surface area contributed by atoms with Crippen LogP contribution < -0.4 is 0 Å². The van der Waals surface area contributed by atoms with E-state index in [-0.39, 0.29) is 0 Å². The van der Waals surface area contributed by atoms with Gasteiger partial charge in [0.15, 0.2) is 0 Å². The molecule has 0 fully saturated rings. The minimum absolute atomic E-state index is 0.428. The van der Waals surface area contributed by atoms with Gasteiger partial charge in [0.1, 0.15) is 4.83 Å². The molecule has 1 aliphatic rings. The smallest absolute Gasteiger partial charge is 0.236 e. The fourth-order valence-electron chi connectivity index (χ4n) is 11.8. The van der Waals surface area contributed by atoms with E-state index in [0.717, 1.165) is 51.8 Å². The molecule has 1 atom stereocenters. The van der Waals surface area contributed by atoms with Gasteiger partial charge in [0.25, 0.3) is 0 Å². The molecule has 0 unspecified atom stereocenters. The summed E-state index contributed by atoms with van der Waals surface area (Å²) in [5.74, 6) is 1.12. The highest BCUT2D eigenvalue weighted by molar-refractivity contribution is 7.25. The number of hydrogen-bond acceptors (Lipinski definition) is 3. The van der Waals surface area contributed by atoms with Gasteiger partial charge in [-0.1, -0.05) is 158 Å². The molecule has 5 heterocycles. The molecule has 0 saturated carbocycles. The van der Waals surface area contributed by atoms with E-state index in [1.807, 2.05) is 0 Å². The molecule has 5 aromatic heterocycles. The summed E-state index contributed by atoms with van der Waals surface area (Å²) in [5.41, 5.74) is 15.0. The highest BCUT2D eigenvalue weighted by Gasteiger charge is 2.29. The Bertz CT molecular complexity index is 4290. The Hall–Kier alpha value is -7.86. The maximum absolute atomic E-state index is 5.77. The van der Waals surface area contributed by atoms with Gasteiger partial charge in [-0.25, -0.2) is 9.97 Å². The second-order valence-corrected chi connectivity index (χ2v) is 19.0. The maximum Gasteiger partial charge on any atom is 0.236 e. The lowest BCUT2D eigenvalue weighted by atomic mass is 9.76. The van der Waals surface area contributed by atoms with Crippen LogP contribution in [0.1, 0.15) is 29.0 Å². The lowest BCUT2D eigenvalue weighted by Crippen LogP contribution is -2.12. The SMILES string of the molecule is c1ccc(CC[C@H]2Cc3ccccc3-c3cc(-c4nc(-n5c6ccccc6c6c7c8ccc9ccccc9c8n8c9ccccc9c(cc65)c78)nc5sc6ccccc6c45)ccc32)cc1. The zero-order valence-corrected chi connectivity index (χ0v) is 36.1. The van der Waals surface area contributed by atoms with Crippen LogP contribution in [0, 0.1) is 0 Å². The molecule has 0 radical (unpaired) electrons. The van der Waals surface area contributed by atoms with Crippen LogP contribution in [0.2, 0.25) is 0 Å². The van der Waals surface area contributed by atoms with Crippen LogP contribution in [0.5, 0.6) is 0 Å². The summed E-state index contributed by atoms with van der Waals surface area (Å²) in [6, 6.07) is 69.6. The second kappa shape index (κ2) is 13.3. The van der Waals surface area contributed by atoms with Crippen LogP contribution >= 0.6 is 11.3 Å². The molecule has 0 N–H and O–H groups in total. The molecule has 4 nitrogen and oxygen atoms in total. The summed E-state index contributed by atoms with van der Waals surface area (Å²) >= 11 is 1.76. The van der Waals surface area contributed by atoms with Crippen LogP contribution in [0.15, 0.2) is 188 Å². The molecule has 65 heavy (non-hydrogen) atoms. The minimum atomic E-state index is 0.428. The summed E-state index contributed by atoms with van der Waals surface area (Å²) in [4.78, 5) is 12.3. The summed E-state index contributed by atoms with van der Waals surface area (Å²) in [6.07, 6.45) is 3.21. The van der Waals surface area contributed by atoms with Crippen molar-refractivity contribution in [3.8, 4) is 28.3 Å². The fraction of sp³-hybridized carbons (Fsp3) is 0.0667. The van der Waals surface area contributed by atoms with Gasteiger partial charge in [0, 0.05) is 58.7 Å². The van der Waals surface area contributed by atoms with E-state index in [1.54, 1.807) is 11.3 Å². The number of thiophene rings is 1. The average Bonchev–Trinajstić information content (AvgIpc) is 4.11. The van der Waals surface area contributed by atoms with Crippen molar-refractivity contribution in [3.63, 3.8) is 0 Å². The molecule has 0 aliphatic heterocycles. The van der Waals surface area contributed by atoms with Gasteiger partial charge in [-0.15, -0.1) is 11.3 Å². The molecule has 0 spiro atoms. The van der Waals surface area contributed by atoms with E-state index < -0.39 is 0 Å². The molecule has 5 heteroatoms. The van der Waals surface area contributed by atoms with Gasteiger partial charge >= 0.3 is 0 Å². The summed E-state index contributed by atoms with van der Waals surface area (Å²) in [7, 11) is 0.